The lowest BCUT2D eigenvalue weighted by Gasteiger charge is -1.97. The molecular weight excluding hydrogens is 210 g/mol. The first kappa shape index (κ1) is 11.9. The number of rotatable bonds is 4. The third-order valence-corrected chi connectivity index (χ3v) is 1.97. The molecule has 1 rings (SSSR count). The Labute approximate surface area is 92.5 Å². The Balaban J connectivity index is 2.81. The lowest BCUT2D eigenvalue weighted by molar-refractivity contribution is -0.421. The van der Waals surface area contributed by atoms with Crippen LogP contribution in [0, 0.1) is 10.1 Å². The van der Waals surface area contributed by atoms with E-state index in [2.05, 4.69) is 4.74 Å². The van der Waals surface area contributed by atoms with E-state index in [1.165, 1.54) is 6.08 Å². The molecule has 1 aromatic carbocycles. The molecule has 0 bridgehead atoms. The van der Waals surface area contributed by atoms with Crippen molar-refractivity contribution in [3.05, 3.63) is 57.8 Å². The fraction of sp³-hybridized carbons (Fsp3) is 0.182. The minimum atomic E-state index is -0.930. The number of methoxy groups -OCH3 is 1. The maximum Gasteiger partial charge on any atom is 0.409 e. The van der Waals surface area contributed by atoms with Crippen molar-refractivity contribution in [3.63, 3.8) is 0 Å². The van der Waals surface area contributed by atoms with Gasteiger partial charge in [0.2, 0.25) is 0 Å². The van der Waals surface area contributed by atoms with E-state index in [0.717, 1.165) is 12.7 Å². The zero-order valence-electron chi connectivity index (χ0n) is 8.75. The Bertz CT molecular complexity index is 411. The highest BCUT2D eigenvalue weighted by atomic mass is 16.6. The Morgan fingerprint density at radius 3 is 2.56 bits per heavy atom. The lowest BCUT2D eigenvalue weighted by Crippen LogP contribution is -2.13. The molecule has 0 aliphatic rings. The first-order valence-electron chi connectivity index (χ1n) is 4.62. The summed E-state index contributed by atoms with van der Waals surface area (Å²) in [4.78, 5) is 20.9. The summed E-state index contributed by atoms with van der Waals surface area (Å²) in [6, 6.07) is 9.15. The van der Waals surface area contributed by atoms with Crippen LogP contribution in [-0.4, -0.2) is 18.0 Å². The van der Waals surface area contributed by atoms with E-state index in [9.17, 15) is 14.9 Å². The van der Waals surface area contributed by atoms with Gasteiger partial charge in [0.15, 0.2) is 0 Å². The van der Waals surface area contributed by atoms with Crippen LogP contribution >= 0.6 is 0 Å². The summed E-state index contributed by atoms with van der Waals surface area (Å²) in [5.41, 5.74) is 0.358. The maximum absolute atomic E-state index is 11.0. The smallest absolute Gasteiger partial charge is 0.409 e. The van der Waals surface area contributed by atoms with E-state index < -0.39 is 16.6 Å². The number of hydrogen-bond acceptors (Lipinski definition) is 4. The van der Waals surface area contributed by atoms with Gasteiger partial charge in [-0.25, -0.2) is 4.79 Å². The van der Waals surface area contributed by atoms with Crippen LogP contribution in [0.15, 0.2) is 42.1 Å². The lowest BCUT2D eigenvalue weighted by atomic mass is 10.1. The molecule has 0 saturated carbocycles. The van der Waals surface area contributed by atoms with Gasteiger partial charge in [-0.05, 0) is 12.0 Å². The minimum absolute atomic E-state index is 0.326. The quantitative estimate of drug-likeness (QED) is 0.335. The molecule has 1 aromatic rings. The van der Waals surface area contributed by atoms with Crippen LogP contribution in [-0.2, 0) is 16.0 Å². The van der Waals surface area contributed by atoms with Crippen LogP contribution in [0.4, 0.5) is 0 Å². The topological polar surface area (TPSA) is 69.4 Å². The molecule has 0 heterocycles. The van der Waals surface area contributed by atoms with Crippen LogP contribution in [0.3, 0.4) is 0 Å². The number of esters is 1. The monoisotopic (exact) mass is 221 g/mol. The third kappa shape index (κ3) is 3.20. The van der Waals surface area contributed by atoms with E-state index in [1.54, 1.807) is 0 Å². The Morgan fingerprint density at radius 1 is 1.44 bits per heavy atom. The summed E-state index contributed by atoms with van der Waals surface area (Å²) < 4.78 is 4.31. The molecule has 0 amide bonds. The van der Waals surface area contributed by atoms with Gasteiger partial charge in [-0.1, -0.05) is 30.3 Å². The summed E-state index contributed by atoms with van der Waals surface area (Å²) in [7, 11) is 1.11. The van der Waals surface area contributed by atoms with E-state index in [-0.39, 0.29) is 0 Å². The van der Waals surface area contributed by atoms with Gasteiger partial charge in [0.05, 0.1) is 12.0 Å². The summed E-state index contributed by atoms with van der Waals surface area (Å²) in [6.07, 6.45) is 1.58. The fourth-order valence-electron chi connectivity index (χ4n) is 1.17. The average Bonchev–Trinajstić information content (AvgIpc) is 2.30. The molecule has 0 N–H and O–H groups in total. The molecule has 0 aromatic heterocycles. The first-order chi connectivity index (χ1) is 7.65. The second-order valence-electron chi connectivity index (χ2n) is 3.03. The number of carbonyl (C=O) groups excluding carboxylic acids is 1. The summed E-state index contributed by atoms with van der Waals surface area (Å²) in [5.74, 6) is -0.930. The van der Waals surface area contributed by atoms with Crippen LogP contribution in [0.5, 0.6) is 0 Å². The van der Waals surface area contributed by atoms with Crippen LogP contribution in [0.2, 0.25) is 0 Å². The molecule has 0 unspecified atom stereocenters. The normalized spacial score (nSPS) is 10.9. The van der Waals surface area contributed by atoms with Crippen LogP contribution < -0.4 is 0 Å². The number of ether oxygens (including phenoxy) is 1. The van der Waals surface area contributed by atoms with E-state index in [0.29, 0.717) is 6.42 Å². The molecule has 5 heteroatoms. The Hall–Kier alpha value is -2.17. The van der Waals surface area contributed by atoms with E-state index in [1.807, 2.05) is 30.3 Å². The Morgan fingerprint density at radius 2 is 2.06 bits per heavy atom. The molecule has 0 saturated heterocycles. The predicted molar refractivity (Wildman–Crippen MR) is 57.2 cm³/mol. The van der Waals surface area contributed by atoms with Crippen molar-refractivity contribution < 1.29 is 14.5 Å². The summed E-state index contributed by atoms with van der Waals surface area (Å²) in [6.45, 7) is 0. The minimum Gasteiger partial charge on any atom is -0.461 e. The number of nitro groups is 1. The van der Waals surface area contributed by atoms with Crippen molar-refractivity contribution in [2.45, 2.75) is 6.42 Å². The Kier molecular flexibility index (Phi) is 4.20. The molecule has 0 atom stereocenters. The zero-order valence-corrected chi connectivity index (χ0v) is 8.75. The average molecular weight is 221 g/mol. The number of carbonyl (C=O) groups is 1. The van der Waals surface area contributed by atoms with E-state index in [4.69, 9.17) is 0 Å². The van der Waals surface area contributed by atoms with Crippen molar-refractivity contribution in [1.82, 2.24) is 0 Å². The van der Waals surface area contributed by atoms with Gasteiger partial charge < -0.3 is 4.74 Å². The second kappa shape index (κ2) is 5.65. The van der Waals surface area contributed by atoms with Crippen molar-refractivity contribution in [3.8, 4) is 0 Å². The summed E-state index contributed by atoms with van der Waals surface area (Å²) >= 11 is 0. The van der Waals surface area contributed by atoms with Crippen molar-refractivity contribution in [1.29, 1.82) is 0 Å². The van der Waals surface area contributed by atoms with Gasteiger partial charge in [-0.15, -0.1) is 0 Å². The fourth-order valence-corrected chi connectivity index (χ4v) is 1.17. The highest BCUT2D eigenvalue weighted by molar-refractivity contribution is 5.85. The molecular formula is C11H11NO4. The molecule has 0 aliphatic carbocycles. The molecule has 16 heavy (non-hydrogen) atoms. The first-order valence-corrected chi connectivity index (χ1v) is 4.62. The molecule has 0 radical (unpaired) electrons. The summed E-state index contributed by atoms with van der Waals surface area (Å²) in [5, 5.41) is 10.6. The van der Waals surface area contributed by atoms with E-state index >= 15 is 0 Å². The van der Waals surface area contributed by atoms with Crippen molar-refractivity contribution in [2.24, 2.45) is 0 Å². The van der Waals surface area contributed by atoms with Gasteiger partial charge in [0.25, 0.3) is 0 Å². The predicted octanol–water partition coefficient (Wildman–Crippen LogP) is 1.56. The molecule has 0 spiro atoms. The zero-order chi connectivity index (χ0) is 12.0. The van der Waals surface area contributed by atoms with Gasteiger partial charge in [0.1, 0.15) is 0 Å². The second-order valence-corrected chi connectivity index (χ2v) is 3.03. The largest absolute Gasteiger partial charge is 0.461 e. The third-order valence-electron chi connectivity index (χ3n) is 1.97. The number of hydrogen-bond donors (Lipinski definition) is 0. The van der Waals surface area contributed by atoms with Crippen LogP contribution in [0.25, 0.3) is 0 Å². The highest BCUT2D eigenvalue weighted by Gasteiger charge is 2.21. The molecule has 84 valence electrons. The number of benzene rings is 1. The standard InChI is InChI=1S/C11H11NO4/c1-16-11(13)10(12(14)15)8-7-9-5-3-2-4-6-9/h2-6,8H,7H2,1H3. The number of allylic oxidation sites excluding steroid dienone is 1. The molecule has 0 aliphatic heterocycles. The number of nitrogens with zero attached hydrogens (tertiary/aromatic N) is 1. The van der Waals surface area contributed by atoms with Gasteiger partial charge in [0, 0.05) is 6.08 Å². The van der Waals surface area contributed by atoms with Crippen molar-refractivity contribution >= 4 is 5.97 Å². The van der Waals surface area contributed by atoms with Gasteiger partial charge in [-0.3, -0.25) is 10.1 Å². The van der Waals surface area contributed by atoms with Crippen molar-refractivity contribution in [2.75, 3.05) is 7.11 Å². The highest BCUT2D eigenvalue weighted by Crippen LogP contribution is 2.05. The molecule has 0 fully saturated rings. The molecule has 5 nitrogen and oxygen atoms in total. The van der Waals surface area contributed by atoms with Gasteiger partial charge in [-0.2, -0.15) is 0 Å². The maximum atomic E-state index is 11.0. The van der Waals surface area contributed by atoms with Crippen LogP contribution in [0.1, 0.15) is 5.56 Å². The SMILES string of the molecule is COC(=O)C(=CCc1ccccc1)[N+](=O)[O-]. The van der Waals surface area contributed by atoms with Gasteiger partial charge >= 0.3 is 11.7 Å².